The second-order valence-corrected chi connectivity index (χ2v) is 5.72. The highest BCUT2D eigenvalue weighted by Crippen LogP contribution is 2.18. The SMILES string of the molecule is CCCOc1cccc(NC(=O)OC(C)CN2CCCC2)c1.Cl. The van der Waals surface area contributed by atoms with E-state index in [9.17, 15) is 4.79 Å². The first kappa shape index (κ1) is 19.6. The van der Waals surface area contributed by atoms with Gasteiger partial charge in [0.2, 0.25) is 0 Å². The molecule has 23 heavy (non-hydrogen) atoms. The fourth-order valence-electron chi connectivity index (χ4n) is 2.58. The maximum absolute atomic E-state index is 11.9. The monoisotopic (exact) mass is 342 g/mol. The molecule has 6 heteroatoms. The lowest BCUT2D eigenvalue weighted by Crippen LogP contribution is -2.32. The predicted molar refractivity (Wildman–Crippen MR) is 94.7 cm³/mol. The van der Waals surface area contributed by atoms with Gasteiger partial charge < -0.3 is 9.47 Å². The molecule has 1 amide bonds. The van der Waals surface area contributed by atoms with Gasteiger partial charge in [-0.25, -0.2) is 4.79 Å². The van der Waals surface area contributed by atoms with Crippen LogP contribution in [-0.2, 0) is 4.74 Å². The summed E-state index contributed by atoms with van der Waals surface area (Å²) in [5.74, 6) is 0.754. The van der Waals surface area contributed by atoms with Crippen LogP contribution in [0.15, 0.2) is 24.3 Å². The molecular weight excluding hydrogens is 316 g/mol. The molecule has 0 spiro atoms. The molecule has 0 radical (unpaired) electrons. The van der Waals surface area contributed by atoms with E-state index >= 15 is 0 Å². The van der Waals surface area contributed by atoms with Crippen molar-refractivity contribution in [2.24, 2.45) is 0 Å². The van der Waals surface area contributed by atoms with Crippen molar-refractivity contribution in [2.45, 2.75) is 39.2 Å². The molecule has 1 aromatic rings. The summed E-state index contributed by atoms with van der Waals surface area (Å²) in [7, 11) is 0. The summed E-state index contributed by atoms with van der Waals surface area (Å²) < 4.78 is 11.0. The number of benzene rings is 1. The molecule has 130 valence electrons. The van der Waals surface area contributed by atoms with Gasteiger partial charge >= 0.3 is 6.09 Å². The first-order valence-corrected chi connectivity index (χ1v) is 8.10. The summed E-state index contributed by atoms with van der Waals surface area (Å²) in [4.78, 5) is 14.3. The van der Waals surface area contributed by atoms with Gasteiger partial charge in [-0.05, 0) is 51.4 Å². The minimum absolute atomic E-state index is 0. The van der Waals surface area contributed by atoms with Gasteiger partial charge in [0.05, 0.1) is 6.61 Å². The highest BCUT2D eigenvalue weighted by atomic mass is 35.5. The Bertz CT molecular complexity index is 479. The van der Waals surface area contributed by atoms with Crippen molar-refractivity contribution in [1.29, 1.82) is 0 Å². The molecular formula is C17H27ClN2O3. The van der Waals surface area contributed by atoms with E-state index < -0.39 is 6.09 Å². The Morgan fingerprint density at radius 2 is 2.09 bits per heavy atom. The highest BCUT2D eigenvalue weighted by Gasteiger charge is 2.17. The van der Waals surface area contributed by atoms with Gasteiger partial charge in [-0.2, -0.15) is 0 Å². The van der Waals surface area contributed by atoms with Crippen LogP contribution in [0.3, 0.4) is 0 Å². The van der Waals surface area contributed by atoms with Gasteiger partial charge in [-0.1, -0.05) is 13.0 Å². The fourth-order valence-corrected chi connectivity index (χ4v) is 2.58. The Labute approximate surface area is 144 Å². The van der Waals surface area contributed by atoms with Crippen LogP contribution in [0, 0.1) is 0 Å². The normalized spacial score (nSPS) is 15.6. The van der Waals surface area contributed by atoms with Gasteiger partial charge in [-0.15, -0.1) is 12.4 Å². The standard InChI is InChI=1S/C17H26N2O3.ClH/c1-3-11-21-16-8-6-7-15(12-16)18-17(20)22-14(2)13-19-9-4-5-10-19;/h6-8,12,14H,3-5,9-11,13H2,1-2H3,(H,18,20);1H. The number of hydrogen-bond donors (Lipinski definition) is 1. The number of nitrogens with one attached hydrogen (secondary N) is 1. The summed E-state index contributed by atoms with van der Waals surface area (Å²) >= 11 is 0. The minimum Gasteiger partial charge on any atom is -0.494 e. The molecule has 1 atom stereocenters. The minimum atomic E-state index is -0.417. The number of anilines is 1. The van der Waals surface area contributed by atoms with Crippen molar-refractivity contribution in [2.75, 3.05) is 31.6 Å². The number of likely N-dealkylation sites (tertiary alicyclic amines) is 1. The topological polar surface area (TPSA) is 50.8 Å². The largest absolute Gasteiger partial charge is 0.494 e. The summed E-state index contributed by atoms with van der Waals surface area (Å²) in [5.41, 5.74) is 0.687. The Hall–Kier alpha value is -1.46. The van der Waals surface area contributed by atoms with Crippen LogP contribution < -0.4 is 10.1 Å². The summed E-state index contributed by atoms with van der Waals surface area (Å²) in [5, 5.41) is 2.75. The molecule has 1 aliphatic heterocycles. The van der Waals surface area contributed by atoms with E-state index in [1.54, 1.807) is 0 Å². The fraction of sp³-hybridized carbons (Fsp3) is 0.588. The van der Waals surface area contributed by atoms with Crippen molar-refractivity contribution >= 4 is 24.2 Å². The van der Waals surface area contributed by atoms with Crippen LogP contribution >= 0.6 is 12.4 Å². The molecule has 1 N–H and O–H groups in total. The predicted octanol–water partition coefficient (Wildman–Crippen LogP) is 3.93. The van der Waals surface area contributed by atoms with Crippen LogP contribution in [0.2, 0.25) is 0 Å². The van der Waals surface area contributed by atoms with E-state index in [0.717, 1.165) is 31.8 Å². The van der Waals surface area contributed by atoms with Gasteiger partial charge in [0.25, 0.3) is 0 Å². The summed E-state index contributed by atoms with van der Waals surface area (Å²) in [6, 6.07) is 7.36. The van der Waals surface area contributed by atoms with E-state index in [0.29, 0.717) is 12.3 Å². The highest BCUT2D eigenvalue weighted by molar-refractivity contribution is 5.85. The number of halogens is 1. The molecule has 2 rings (SSSR count). The quantitative estimate of drug-likeness (QED) is 0.815. The molecule has 1 aromatic carbocycles. The molecule has 1 fully saturated rings. The van der Waals surface area contributed by atoms with Gasteiger partial charge in [-0.3, -0.25) is 10.2 Å². The molecule has 1 heterocycles. The van der Waals surface area contributed by atoms with E-state index in [1.165, 1.54) is 12.8 Å². The third-order valence-electron chi connectivity index (χ3n) is 3.58. The second-order valence-electron chi connectivity index (χ2n) is 5.72. The van der Waals surface area contributed by atoms with E-state index in [2.05, 4.69) is 17.1 Å². The summed E-state index contributed by atoms with van der Waals surface area (Å²) in [6.07, 6.45) is 2.90. The van der Waals surface area contributed by atoms with Crippen LogP contribution in [0.1, 0.15) is 33.1 Å². The summed E-state index contributed by atoms with van der Waals surface area (Å²) in [6.45, 7) is 7.66. The zero-order valence-corrected chi connectivity index (χ0v) is 14.7. The van der Waals surface area contributed by atoms with Crippen molar-refractivity contribution in [3.63, 3.8) is 0 Å². The van der Waals surface area contributed by atoms with E-state index in [1.807, 2.05) is 31.2 Å². The third kappa shape index (κ3) is 7.10. The Kier molecular flexibility index (Phi) is 8.81. The van der Waals surface area contributed by atoms with Crippen molar-refractivity contribution < 1.29 is 14.3 Å². The van der Waals surface area contributed by atoms with Crippen LogP contribution in [-0.4, -0.2) is 43.3 Å². The number of carbonyl (C=O) groups excluding carboxylic acids is 1. The maximum Gasteiger partial charge on any atom is 0.411 e. The molecule has 1 saturated heterocycles. The maximum atomic E-state index is 11.9. The lowest BCUT2D eigenvalue weighted by atomic mass is 10.3. The van der Waals surface area contributed by atoms with Crippen LogP contribution in [0.4, 0.5) is 10.5 Å². The lowest BCUT2D eigenvalue weighted by molar-refractivity contribution is 0.0967. The molecule has 0 aromatic heterocycles. The smallest absolute Gasteiger partial charge is 0.411 e. The van der Waals surface area contributed by atoms with Crippen molar-refractivity contribution in [1.82, 2.24) is 4.90 Å². The Balaban J connectivity index is 0.00000264. The molecule has 1 aliphatic rings. The molecule has 0 bridgehead atoms. The molecule has 5 nitrogen and oxygen atoms in total. The van der Waals surface area contributed by atoms with Crippen molar-refractivity contribution in [3.8, 4) is 5.75 Å². The first-order valence-electron chi connectivity index (χ1n) is 8.10. The average Bonchev–Trinajstić information content (AvgIpc) is 2.98. The number of rotatable bonds is 7. The van der Waals surface area contributed by atoms with E-state index in [-0.39, 0.29) is 18.5 Å². The van der Waals surface area contributed by atoms with Crippen LogP contribution in [0.25, 0.3) is 0 Å². The van der Waals surface area contributed by atoms with Gasteiger partial charge in [0, 0.05) is 18.3 Å². The number of amides is 1. The average molecular weight is 343 g/mol. The van der Waals surface area contributed by atoms with Crippen molar-refractivity contribution in [3.05, 3.63) is 24.3 Å². The third-order valence-corrected chi connectivity index (χ3v) is 3.58. The first-order chi connectivity index (χ1) is 10.7. The van der Waals surface area contributed by atoms with E-state index in [4.69, 9.17) is 9.47 Å². The Morgan fingerprint density at radius 3 is 2.78 bits per heavy atom. The van der Waals surface area contributed by atoms with Gasteiger partial charge in [0.1, 0.15) is 11.9 Å². The molecule has 0 saturated carbocycles. The number of carbonyl (C=O) groups is 1. The number of ether oxygens (including phenoxy) is 2. The second kappa shape index (κ2) is 10.3. The number of hydrogen-bond acceptors (Lipinski definition) is 4. The zero-order chi connectivity index (χ0) is 15.8. The lowest BCUT2D eigenvalue weighted by Gasteiger charge is -2.20. The van der Waals surface area contributed by atoms with Gasteiger partial charge in [0.15, 0.2) is 0 Å². The number of nitrogens with zero attached hydrogens (tertiary/aromatic N) is 1. The zero-order valence-electron chi connectivity index (χ0n) is 13.9. The van der Waals surface area contributed by atoms with Crippen LogP contribution in [0.5, 0.6) is 5.75 Å². The molecule has 0 aliphatic carbocycles. The Morgan fingerprint density at radius 1 is 1.35 bits per heavy atom. The molecule has 1 unspecified atom stereocenters.